The Morgan fingerprint density at radius 2 is 1.66 bits per heavy atom. The molecule has 0 bridgehead atoms. The van der Waals surface area contributed by atoms with Crippen LogP contribution in [0.3, 0.4) is 0 Å². The van der Waals surface area contributed by atoms with Crippen LogP contribution in [0.1, 0.15) is 47.8 Å². The van der Waals surface area contributed by atoms with E-state index in [9.17, 15) is 23.4 Å². The number of carboxylic acid groups (broad SMARTS) is 1. The van der Waals surface area contributed by atoms with Crippen LogP contribution < -0.4 is 16.0 Å². The van der Waals surface area contributed by atoms with E-state index in [1.54, 1.807) is 13.3 Å². The van der Waals surface area contributed by atoms with Crippen LogP contribution >= 0.6 is 0 Å². The predicted molar refractivity (Wildman–Crippen MR) is 174 cm³/mol. The molecule has 0 spiro atoms. The van der Waals surface area contributed by atoms with Crippen molar-refractivity contribution in [1.29, 1.82) is 0 Å². The van der Waals surface area contributed by atoms with Crippen molar-refractivity contribution >= 4 is 28.9 Å². The van der Waals surface area contributed by atoms with E-state index in [4.69, 9.17) is 24.9 Å². The Balaban J connectivity index is 0.000000561. The van der Waals surface area contributed by atoms with Crippen molar-refractivity contribution in [2.75, 3.05) is 30.3 Å². The van der Waals surface area contributed by atoms with Gasteiger partial charge < -0.3 is 35.8 Å². The summed E-state index contributed by atoms with van der Waals surface area (Å²) in [6.45, 7) is 4.08. The number of aliphatic hydroxyl groups excluding tert-OH is 2. The summed E-state index contributed by atoms with van der Waals surface area (Å²) < 4.78 is 33.6. The Bertz CT molecular complexity index is 1850. The summed E-state index contributed by atoms with van der Waals surface area (Å²) in [5.74, 6) is -1.08. The molecular weight excluding hydrogens is 659 g/mol. The van der Waals surface area contributed by atoms with E-state index in [1.807, 2.05) is 16.7 Å². The van der Waals surface area contributed by atoms with E-state index in [0.29, 0.717) is 41.7 Å². The molecule has 6 N–H and O–H groups in total. The molecule has 50 heavy (non-hydrogen) atoms. The molecule has 0 unspecified atom stereocenters. The smallest absolute Gasteiger partial charge is 0.475 e. The van der Waals surface area contributed by atoms with Crippen LogP contribution in [0.4, 0.5) is 24.9 Å². The highest BCUT2D eigenvalue weighted by Gasteiger charge is 2.45. The van der Waals surface area contributed by atoms with Gasteiger partial charge in [-0.2, -0.15) is 27.9 Å². The van der Waals surface area contributed by atoms with E-state index in [1.165, 1.54) is 15.9 Å². The van der Waals surface area contributed by atoms with Gasteiger partial charge in [-0.15, -0.1) is 10.2 Å². The lowest BCUT2D eigenvalue weighted by molar-refractivity contribution is -0.192. The number of aromatic nitrogens is 8. The number of hydrogen-bond donors (Lipinski definition) is 6. The lowest BCUT2D eigenvalue weighted by Crippen LogP contribution is -2.31. The second-order valence-electron chi connectivity index (χ2n) is 12.1. The number of nitrogens with one attached hydrogen (secondary N) is 3. The van der Waals surface area contributed by atoms with Gasteiger partial charge in [0.05, 0.1) is 12.4 Å². The van der Waals surface area contributed by atoms with Crippen LogP contribution in [0.25, 0.3) is 11.2 Å². The molecule has 5 aromatic rings. The highest BCUT2D eigenvalue weighted by atomic mass is 19.4. The van der Waals surface area contributed by atoms with Crippen LogP contribution in [-0.2, 0) is 4.79 Å². The number of carboxylic acids is 1. The number of fused-ring (bicyclic) bond motifs is 1. The summed E-state index contributed by atoms with van der Waals surface area (Å²) >= 11 is 0. The number of carbonyl (C=O) groups is 1. The number of aliphatic hydroxyl groups is 2. The van der Waals surface area contributed by atoms with Crippen molar-refractivity contribution in [3.05, 3.63) is 83.9 Å². The number of tetrazole rings is 1. The van der Waals surface area contributed by atoms with Gasteiger partial charge in [0, 0.05) is 25.0 Å². The van der Waals surface area contributed by atoms with Crippen molar-refractivity contribution in [3.63, 3.8) is 0 Å². The van der Waals surface area contributed by atoms with Crippen LogP contribution in [0.5, 0.6) is 0 Å². The van der Waals surface area contributed by atoms with Gasteiger partial charge >= 0.3 is 12.1 Å². The Hall–Kier alpha value is -5.20. The van der Waals surface area contributed by atoms with E-state index in [0.717, 1.165) is 19.5 Å². The fraction of sp³-hybridized carbons (Fsp3) is 0.406. The number of imidazole rings is 1. The minimum Gasteiger partial charge on any atom is -0.475 e. The average molecular weight is 696 g/mol. The summed E-state index contributed by atoms with van der Waals surface area (Å²) in [5, 5.41) is 51.9. The van der Waals surface area contributed by atoms with Crippen LogP contribution in [0.15, 0.2) is 67.0 Å². The normalized spacial score (nSPS) is 22.0. The molecular formula is C32H36F3N11O4. The third-order valence-electron chi connectivity index (χ3n) is 8.74. The molecule has 3 aromatic heterocycles. The van der Waals surface area contributed by atoms with E-state index < -0.39 is 36.4 Å². The molecule has 0 amide bonds. The maximum Gasteiger partial charge on any atom is 0.490 e. The number of benzene rings is 2. The number of hydrogen-bond acceptors (Lipinski definition) is 12. The molecule has 264 valence electrons. The molecule has 1 aliphatic heterocycles. The monoisotopic (exact) mass is 695 g/mol. The fourth-order valence-corrected chi connectivity index (χ4v) is 6.23. The van der Waals surface area contributed by atoms with E-state index in [-0.39, 0.29) is 12.0 Å². The Kier molecular flexibility index (Phi) is 10.2. The largest absolute Gasteiger partial charge is 0.490 e. The van der Waals surface area contributed by atoms with Gasteiger partial charge in [-0.1, -0.05) is 60.7 Å². The lowest BCUT2D eigenvalue weighted by Gasteiger charge is -2.21. The third-order valence-corrected chi connectivity index (χ3v) is 8.74. The Morgan fingerprint density at radius 3 is 2.22 bits per heavy atom. The van der Waals surface area contributed by atoms with Gasteiger partial charge in [0.1, 0.15) is 18.2 Å². The maximum absolute atomic E-state index is 11.2. The van der Waals surface area contributed by atoms with Gasteiger partial charge in [0.2, 0.25) is 5.95 Å². The van der Waals surface area contributed by atoms with Crippen LogP contribution in [0, 0.1) is 6.92 Å². The highest BCUT2D eigenvalue weighted by molar-refractivity contribution is 5.84. The first kappa shape index (κ1) is 34.7. The maximum atomic E-state index is 11.2. The highest BCUT2D eigenvalue weighted by Crippen LogP contribution is 2.39. The zero-order chi connectivity index (χ0) is 35.4. The molecule has 1 saturated carbocycles. The SMILES string of the molecule is Cc1nnn([C@H]2C[C@@H](n3cnc4c(NCC(c5ccccc5)c5ccccc5)nc(N[C@H]5CCNC5)nc43)[C@H](O)[C@@H]2O)n1.O=C(O)C(F)(F)F. The van der Waals surface area contributed by atoms with Gasteiger partial charge in [0.25, 0.3) is 0 Å². The fourth-order valence-electron chi connectivity index (χ4n) is 6.23. The summed E-state index contributed by atoms with van der Waals surface area (Å²) in [5.41, 5.74) is 3.55. The van der Waals surface area contributed by atoms with Gasteiger partial charge in [-0.25, -0.2) is 9.78 Å². The zero-order valence-corrected chi connectivity index (χ0v) is 26.8. The molecule has 0 radical (unpaired) electrons. The minimum absolute atomic E-state index is 0.0798. The second-order valence-corrected chi connectivity index (χ2v) is 12.1. The lowest BCUT2D eigenvalue weighted by atomic mass is 9.91. The number of anilines is 2. The van der Waals surface area contributed by atoms with Crippen molar-refractivity contribution in [2.45, 2.75) is 62.2 Å². The first-order valence-electron chi connectivity index (χ1n) is 16.0. The molecule has 7 rings (SSSR count). The number of alkyl halides is 3. The molecule has 2 aromatic carbocycles. The van der Waals surface area contributed by atoms with E-state index >= 15 is 0 Å². The molecule has 2 fully saturated rings. The zero-order valence-electron chi connectivity index (χ0n) is 26.8. The first-order valence-corrected chi connectivity index (χ1v) is 16.0. The number of aryl methyl sites for hydroxylation is 1. The molecule has 4 heterocycles. The second kappa shape index (κ2) is 14.7. The van der Waals surface area contributed by atoms with Crippen LogP contribution in [0.2, 0.25) is 0 Å². The van der Waals surface area contributed by atoms with Crippen LogP contribution in [-0.4, -0.2) is 105 Å². The molecule has 18 heteroatoms. The van der Waals surface area contributed by atoms with Crippen molar-refractivity contribution in [1.82, 2.24) is 45.0 Å². The van der Waals surface area contributed by atoms with Crippen molar-refractivity contribution in [2.24, 2.45) is 0 Å². The number of nitrogens with zero attached hydrogens (tertiary/aromatic N) is 8. The average Bonchev–Trinajstić information content (AvgIpc) is 3.91. The van der Waals surface area contributed by atoms with Gasteiger partial charge in [-0.05, 0) is 42.7 Å². The van der Waals surface area contributed by atoms with Crippen molar-refractivity contribution in [3.8, 4) is 0 Å². The third kappa shape index (κ3) is 7.66. The molecule has 5 atom stereocenters. The van der Waals surface area contributed by atoms with E-state index in [2.05, 4.69) is 79.9 Å². The molecule has 1 aliphatic carbocycles. The predicted octanol–water partition coefficient (Wildman–Crippen LogP) is 2.68. The van der Waals surface area contributed by atoms with Gasteiger partial charge in [0.15, 0.2) is 22.8 Å². The standard InChI is InChI=1S/C30H35N11O2.C2HF3O2/c1-18-37-39-41(38-18)24-14-23(26(42)27(24)43)40-17-33-25-28(35-30(36-29(25)40)34-21-12-13-31-15-21)32-16-22(19-8-4-2-5-9-19)20-10-6-3-7-11-20;3-2(4,5)1(6)7/h2-11,17,21-24,26-27,31,42-43H,12-16H2,1H3,(H2,32,34,35,36);(H,6,7)/t21-,23+,24-,26-,27+;/m0./s1. The molecule has 15 nitrogen and oxygen atoms in total. The quantitative estimate of drug-likeness (QED) is 0.132. The summed E-state index contributed by atoms with van der Waals surface area (Å²) in [6.07, 6.45) is -4.21. The van der Waals surface area contributed by atoms with Crippen molar-refractivity contribution < 1.29 is 33.3 Å². The van der Waals surface area contributed by atoms with Gasteiger partial charge in [-0.3, -0.25) is 0 Å². The molecule has 1 saturated heterocycles. The summed E-state index contributed by atoms with van der Waals surface area (Å²) in [4.78, 5) is 24.8. The molecule has 2 aliphatic rings. The minimum atomic E-state index is -5.08. The number of rotatable bonds is 9. The number of halogens is 3. The Morgan fingerprint density at radius 1 is 1.02 bits per heavy atom. The summed E-state index contributed by atoms with van der Waals surface area (Å²) in [7, 11) is 0. The number of aliphatic carboxylic acids is 1. The summed E-state index contributed by atoms with van der Waals surface area (Å²) in [6, 6.07) is 20.0. The topological polar surface area (TPSA) is 201 Å². The first-order chi connectivity index (χ1) is 24.0. The Labute approximate surface area is 283 Å².